The van der Waals surface area contributed by atoms with Gasteiger partial charge in [0.1, 0.15) is 18.1 Å². The first-order valence-electron chi connectivity index (χ1n) is 11.5. The molecule has 0 saturated carbocycles. The molecule has 0 bridgehead atoms. The maximum Gasteiger partial charge on any atom is 0.260 e. The van der Waals surface area contributed by atoms with E-state index in [0.29, 0.717) is 19.6 Å². The molecule has 172 valence electrons. The molecule has 1 fully saturated rings. The van der Waals surface area contributed by atoms with Crippen LogP contribution in [0.3, 0.4) is 0 Å². The van der Waals surface area contributed by atoms with E-state index in [1.165, 1.54) is 20.3 Å². The number of aromatic hydroxyl groups is 1. The van der Waals surface area contributed by atoms with Crippen LogP contribution in [0.4, 0.5) is 4.39 Å². The molecule has 1 saturated heterocycles. The van der Waals surface area contributed by atoms with Gasteiger partial charge in [0.15, 0.2) is 5.67 Å². The third-order valence-electron chi connectivity index (χ3n) is 6.61. The highest BCUT2D eigenvalue weighted by Crippen LogP contribution is 2.38. The van der Waals surface area contributed by atoms with E-state index in [9.17, 15) is 14.3 Å². The zero-order valence-electron chi connectivity index (χ0n) is 19.2. The van der Waals surface area contributed by atoms with E-state index >= 15 is 0 Å². The van der Waals surface area contributed by atoms with Crippen LogP contribution in [0.15, 0.2) is 42.5 Å². The van der Waals surface area contributed by atoms with Gasteiger partial charge in [-0.3, -0.25) is 9.69 Å². The highest BCUT2D eigenvalue weighted by Gasteiger charge is 2.39. The number of likely N-dealkylation sites (tertiary alicyclic amines) is 1. The molecular weight excluding hydrogens is 407 g/mol. The SMILES string of the molecule is CCC1CN(CCOc2ccc([C@@H]3c4ccc(O)cc4CCN3C(=O)C(C)(C)F)cc2)C1. The van der Waals surface area contributed by atoms with E-state index in [-0.39, 0.29) is 5.75 Å². The van der Waals surface area contributed by atoms with Gasteiger partial charge in [-0.1, -0.05) is 31.5 Å². The molecule has 5 nitrogen and oxygen atoms in total. The number of hydrogen-bond acceptors (Lipinski definition) is 4. The molecule has 32 heavy (non-hydrogen) atoms. The van der Waals surface area contributed by atoms with Crippen LogP contribution in [0.2, 0.25) is 0 Å². The Labute approximate surface area is 189 Å². The van der Waals surface area contributed by atoms with Crippen LogP contribution in [0.5, 0.6) is 11.5 Å². The fourth-order valence-electron chi connectivity index (χ4n) is 4.69. The van der Waals surface area contributed by atoms with Crippen LogP contribution >= 0.6 is 0 Å². The number of hydrogen-bond donors (Lipinski definition) is 1. The summed E-state index contributed by atoms with van der Waals surface area (Å²) in [5.41, 5.74) is 0.846. The van der Waals surface area contributed by atoms with Gasteiger partial charge in [-0.15, -0.1) is 0 Å². The molecule has 1 atom stereocenters. The summed E-state index contributed by atoms with van der Waals surface area (Å²) in [6, 6.07) is 12.5. The van der Waals surface area contributed by atoms with Crippen LogP contribution in [-0.2, 0) is 11.2 Å². The topological polar surface area (TPSA) is 53.0 Å². The normalized spacial score (nSPS) is 19.4. The molecule has 0 aromatic heterocycles. The summed E-state index contributed by atoms with van der Waals surface area (Å²) in [5, 5.41) is 9.90. The Balaban J connectivity index is 1.50. The molecule has 0 radical (unpaired) electrons. The number of phenols is 1. The lowest BCUT2D eigenvalue weighted by Gasteiger charge is -2.40. The largest absolute Gasteiger partial charge is 0.508 e. The average molecular weight is 441 g/mol. The fourth-order valence-corrected chi connectivity index (χ4v) is 4.69. The molecule has 2 aromatic carbocycles. The first-order chi connectivity index (χ1) is 15.3. The average Bonchev–Trinajstić information content (AvgIpc) is 2.73. The molecule has 0 aliphatic carbocycles. The molecule has 2 heterocycles. The van der Waals surface area contributed by atoms with Crippen molar-refractivity contribution in [2.75, 3.05) is 32.8 Å². The first kappa shape index (κ1) is 22.6. The number of fused-ring (bicyclic) bond motifs is 1. The van der Waals surface area contributed by atoms with Crippen molar-refractivity contribution in [1.29, 1.82) is 0 Å². The second-order valence-electron chi connectivity index (χ2n) is 9.46. The molecule has 1 amide bonds. The predicted molar refractivity (Wildman–Crippen MR) is 123 cm³/mol. The summed E-state index contributed by atoms with van der Waals surface area (Å²) in [6.07, 6.45) is 1.82. The van der Waals surface area contributed by atoms with Gasteiger partial charge >= 0.3 is 0 Å². The van der Waals surface area contributed by atoms with E-state index in [4.69, 9.17) is 4.74 Å². The van der Waals surface area contributed by atoms with Crippen LogP contribution in [-0.4, -0.2) is 59.3 Å². The van der Waals surface area contributed by atoms with Gasteiger partial charge in [-0.05, 0) is 67.1 Å². The van der Waals surface area contributed by atoms with Crippen LogP contribution in [0.1, 0.15) is 49.9 Å². The van der Waals surface area contributed by atoms with Crippen molar-refractivity contribution in [3.8, 4) is 11.5 Å². The zero-order valence-corrected chi connectivity index (χ0v) is 19.2. The van der Waals surface area contributed by atoms with Crippen molar-refractivity contribution in [2.45, 2.75) is 45.3 Å². The van der Waals surface area contributed by atoms with Gasteiger partial charge in [0.25, 0.3) is 5.91 Å². The van der Waals surface area contributed by atoms with Gasteiger partial charge in [-0.2, -0.15) is 0 Å². The van der Waals surface area contributed by atoms with Gasteiger partial charge < -0.3 is 14.7 Å². The summed E-state index contributed by atoms with van der Waals surface area (Å²) in [7, 11) is 0. The number of halogens is 1. The Hall–Kier alpha value is -2.60. The second-order valence-corrected chi connectivity index (χ2v) is 9.46. The highest BCUT2D eigenvalue weighted by molar-refractivity contribution is 5.85. The van der Waals surface area contributed by atoms with Crippen molar-refractivity contribution in [2.24, 2.45) is 5.92 Å². The number of nitrogens with zero attached hydrogens (tertiary/aromatic N) is 2. The Morgan fingerprint density at radius 2 is 1.91 bits per heavy atom. The molecule has 4 rings (SSSR count). The summed E-state index contributed by atoms with van der Waals surface area (Å²) in [6.45, 7) is 9.12. The number of ether oxygens (including phenoxy) is 1. The lowest BCUT2D eigenvalue weighted by atomic mass is 9.87. The molecule has 0 unspecified atom stereocenters. The van der Waals surface area contributed by atoms with E-state index in [0.717, 1.165) is 48.0 Å². The summed E-state index contributed by atoms with van der Waals surface area (Å²) in [5.74, 6) is 1.28. The number of carbonyl (C=O) groups excluding carboxylic acids is 1. The van der Waals surface area contributed by atoms with Crippen LogP contribution in [0, 0.1) is 5.92 Å². The first-order valence-corrected chi connectivity index (χ1v) is 11.5. The fraction of sp³-hybridized carbons (Fsp3) is 0.500. The van der Waals surface area contributed by atoms with Gasteiger partial charge in [0.2, 0.25) is 0 Å². The van der Waals surface area contributed by atoms with E-state index < -0.39 is 17.6 Å². The van der Waals surface area contributed by atoms with Gasteiger partial charge in [0.05, 0.1) is 6.04 Å². The van der Waals surface area contributed by atoms with Crippen molar-refractivity contribution in [3.05, 3.63) is 59.2 Å². The number of amides is 1. The van der Waals surface area contributed by atoms with Gasteiger partial charge in [0, 0.05) is 26.2 Å². The van der Waals surface area contributed by atoms with E-state index in [1.807, 2.05) is 30.3 Å². The standard InChI is InChI=1S/C26H33FN2O3/c1-4-18-16-28(17-18)13-14-32-22-8-5-19(6-9-22)24-23-10-7-21(30)15-20(23)11-12-29(24)25(31)26(2,3)27/h5-10,15,18,24,30H,4,11-14,16-17H2,1-3H3/t24-/m1/s1. The Bertz CT molecular complexity index is 949. The second kappa shape index (κ2) is 9.10. The highest BCUT2D eigenvalue weighted by atomic mass is 19.1. The molecular formula is C26H33FN2O3. The van der Waals surface area contributed by atoms with Crippen molar-refractivity contribution in [3.63, 3.8) is 0 Å². The third kappa shape index (κ3) is 4.75. The van der Waals surface area contributed by atoms with Crippen LogP contribution < -0.4 is 4.74 Å². The smallest absolute Gasteiger partial charge is 0.260 e. The Morgan fingerprint density at radius 3 is 2.56 bits per heavy atom. The third-order valence-corrected chi connectivity index (χ3v) is 6.61. The Morgan fingerprint density at radius 1 is 1.19 bits per heavy atom. The van der Waals surface area contributed by atoms with E-state index in [1.54, 1.807) is 17.0 Å². The van der Waals surface area contributed by atoms with Crippen molar-refractivity contribution >= 4 is 5.91 Å². The minimum atomic E-state index is -1.95. The summed E-state index contributed by atoms with van der Waals surface area (Å²) >= 11 is 0. The number of rotatable bonds is 7. The maximum atomic E-state index is 14.6. The number of alkyl halides is 1. The minimum absolute atomic E-state index is 0.198. The van der Waals surface area contributed by atoms with Crippen molar-refractivity contribution in [1.82, 2.24) is 9.80 Å². The Kier molecular flexibility index (Phi) is 6.42. The van der Waals surface area contributed by atoms with E-state index in [2.05, 4.69) is 11.8 Å². The predicted octanol–water partition coefficient (Wildman–Crippen LogP) is 4.34. The molecule has 1 N–H and O–H groups in total. The quantitative estimate of drug-likeness (QED) is 0.696. The monoisotopic (exact) mass is 440 g/mol. The minimum Gasteiger partial charge on any atom is -0.508 e. The summed E-state index contributed by atoms with van der Waals surface area (Å²) < 4.78 is 20.5. The number of carbonyl (C=O) groups is 1. The molecule has 2 aromatic rings. The lowest BCUT2D eigenvalue weighted by Crippen LogP contribution is -2.48. The molecule has 2 aliphatic rings. The molecule has 2 aliphatic heterocycles. The number of benzene rings is 2. The summed E-state index contributed by atoms with van der Waals surface area (Å²) in [4.78, 5) is 16.9. The zero-order chi connectivity index (χ0) is 22.9. The lowest BCUT2D eigenvalue weighted by molar-refractivity contribution is -0.144. The number of phenolic OH excluding ortho intramolecular Hbond substituents is 1. The van der Waals surface area contributed by atoms with Crippen molar-refractivity contribution < 1.29 is 19.0 Å². The molecule has 0 spiro atoms. The maximum absolute atomic E-state index is 14.6. The van der Waals surface area contributed by atoms with Crippen LogP contribution in [0.25, 0.3) is 0 Å². The molecule has 6 heteroatoms. The van der Waals surface area contributed by atoms with Gasteiger partial charge in [-0.25, -0.2) is 4.39 Å².